The maximum atomic E-state index is 12.3. The molecule has 0 aliphatic carbocycles. The first-order valence-corrected chi connectivity index (χ1v) is 12.2. The monoisotopic (exact) mass is 420 g/mol. The van der Waals surface area contributed by atoms with Gasteiger partial charge in [-0.2, -0.15) is 11.8 Å². The molecule has 152 valence electrons. The Labute approximate surface area is 172 Å². The Kier molecular flexibility index (Phi) is 8.38. The lowest BCUT2D eigenvalue weighted by atomic mass is 10.1. The van der Waals surface area contributed by atoms with Crippen LogP contribution in [0.15, 0.2) is 48.5 Å². The SMILES string of the molecule is Cc1ccc(N(CC(=O)NCCCSCc2ccccc2)S(C)(=O)=O)cc1C. The number of hydrogen-bond acceptors (Lipinski definition) is 4. The number of anilines is 1. The smallest absolute Gasteiger partial charge is 0.240 e. The predicted molar refractivity (Wildman–Crippen MR) is 118 cm³/mol. The molecule has 0 saturated heterocycles. The van der Waals surface area contributed by atoms with E-state index in [2.05, 4.69) is 17.4 Å². The lowest BCUT2D eigenvalue weighted by molar-refractivity contribution is -0.119. The van der Waals surface area contributed by atoms with E-state index in [4.69, 9.17) is 0 Å². The van der Waals surface area contributed by atoms with E-state index >= 15 is 0 Å². The van der Waals surface area contributed by atoms with Gasteiger partial charge in [-0.1, -0.05) is 36.4 Å². The van der Waals surface area contributed by atoms with Gasteiger partial charge < -0.3 is 5.32 Å². The summed E-state index contributed by atoms with van der Waals surface area (Å²) in [5, 5.41) is 2.82. The standard InChI is InChI=1S/C21H28N2O3S2/c1-17-10-11-20(14-18(17)2)23(28(3,25)26)15-21(24)22-12-7-13-27-16-19-8-5-4-6-9-19/h4-6,8-11,14H,7,12-13,15-16H2,1-3H3,(H,22,24). The van der Waals surface area contributed by atoms with E-state index in [1.165, 1.54) is 5.56 Å². The average molecular weight is 421 g/mol. The van der Waals surface area contributed by atoms with Crippen molar-refractivity contribution in [2.24, 2.45) is 0 Å². The van der Waals surface area contributed by atoms with E-state index in [1.54, 1.807) is 12.1 Å². The summed E-state index contributed by atoms with van der Waals surface area (Å²) in [6, 6.07) is 15.6. The van der Waals surface area contributed by atoms with E-state index in [0.29, 0.717) is 12.2 Å². The van der Waals surface area contributed by atoms with Gasteiger partial charge in [-0.05, 0) is 54.8 Å². The highest BCUT2D eigenvalue weighted by Crippen LogP contribution is 2.21. The van der Waals surface area contributed by atoms with Crippen molar-refractivity contribution in [1.82, 2.24) is 5.32 Å². The molecule has 28 heavy (non-hydrogen) atoms. The fourth-order valence-corrected chi connectivity index (χ4v) is 4.40. The van der Waals surface area contributed by atoms with Crippen LogP contribution in [0.25, 0.3) is 0 Å². The van der Waals surface area contributed by atoms with Crippen LogP contribution >= 0.6 is 11.8 Å². The summed E-state index contributed by atoms with van der Waals surface area (Å²) in [6.45, 7) is 4.21. The van der Waals surface area contributed by atoms with Crippen LogP contribution in [0.3, 0.4) is 0 Å². The van der Waals surface area contributed by atoms with E-state index in [-0.39, 0.29) is 12.5 Å². The highest BCUT2D eigenvalue weighted by molar-refractivity contribution is 7.98. The van der Waals surface area contributed by atoms with Crippen molar-refractivity contribution in [3.63, 3.8) is 0 Å². The molecule has 2 aromatic carbocycles. The Bertz CT molecular complexity index is 884. The number of rotatable bonds is 10. The first kappa shape index (κ1) is 22.3. The normalized spacial score (nSPS) is 11.2. The van der Waals surface area contributed by atoms with Crippen molar-refractivity contribution in [2.45, 2.75) is 26.0 Å². The number of thioether (sulfide) groups is 1. The van der Waals surface area contributed by atoms with Gasteiger partial charge in [0, 0.05) is 12.3 Å². The molecule has 1 N–H and O–H groups in total. The molecule has 0 radical (unpaired) electrons. The minimum atomic E-state index is -3.54. The maximum absolute atomic E-state index is 12.3. The Hall–Kier alpha value is -1.99. The topological polar surface area (TPSA) is 66.5 Å². The number of aryl methyl sites for hydroxylation is 2. The molecule has 0 fully saturated rings. The first-order chi connectivity index (χ1) is 13.3. The minimum Gasteiger partial charge on any atom is -0.354 e. The summed E-state index contributed by atoms with van der Waals surface area (Å²) in [4.78, 5) is 12.3. The second kappa shape index (κ2) is 10.5. The van der Waals surface area contributed by atoms with Gasteiger partial charge in [0.15, 0.2) is 0 Å². The summed E-state index contributed by atoms with van der Waals surface area (Å²) in [6.07, 6.45) is 1.96. The molecular formula is C21H28N2O3S2. The maximum Gasteiger partial charge on any atom is 0.240 e. The molecule has 0 bridgehead atoms. The molecule has 2 aromatic rings. The fraction of sp³-hybridized carbons (Fsp3) is 0.381. The van der Waals surface area contributed by atoms with Gasteiger partial charge >= 0.3 is 0 Å². The highest BCUT2D eigenvalue weighted by Gasteiger charge is 2.21. The van der Waals surface area contributed by atoms with Crippen LogP contribution in [0.5, 0.6) is 0 Å². The molecule has 7 heteroatoms. The lowest BCUT2D eigenvalue weighted by Gasteiger charge is -2.22. The third-order valence-electron chi connectivity index (χ3n) is 4.37. The van der Waals surface area contributed by atoms with Gasteiger partial charge in [0.1, 0.15) is 6.54 Å². The molecule has 2 rings (SSSR count). The molecule has 0 atom stereocenters. The molecular weight excluding hydrogens is 392 g/mol. The van der Waals surface area contributed by atoms with Crippen molar-refractivity contribution in [1.29, 1.82) is 0 Å². The summed E-state index contributed by atoms with van der Waals surface area (Å²) in [7, 11) is -3.54. The highest BCUT2D eigenvalue weighted by atomic mass is 32.2. The van der Waals surface area contributed by atoms with E-state index in [1.807, 2.05) is 49.9 Å². The zero-order chi connectivity index (χ0) is 20.6. The van der Waals surface area contributed by atoms with Crippen LogP contribution in [0.1, 0.15) is 23.1 Å². The molecule has 0 aromatic heterocycles. The average Bonchev–Trinajstić information content (AvgIpc) is 2.65. The minimum absolute atomic E-state index is 0.210. The largest absolute Gasteiger partial charge is 0.354 e. The van der Waals surface area contributed by atoms with Crippen LogP contribution in [0.4, 0.5) is 5.69 Å². The van der Waals surface area contributed by atoms with E-state index < -0.39 is 10.0 Å². The number of hydrogen-bond donors (Lipinski definition) is 1. The van der Waals surface area contributed by atoms with Gasteiger partial charge in [-0.3, -0.25) is 9.10 Å². The molecule has 0 spiro atoms. The number of nitrogens with one attached hydrogen (secondary N) is 1. The van der Waals surface area contributed by atoms with Crippen LogP contribution in [0, 0.1) is 13.8 Å². The second-order valence-corrected chi connectivity index (χ2v) is 9.79. The van der Waals surface area contributed by atoms with E-state index in [0.717, 1.165) is 39.6 Å². The van der Waals surface area contributed by atoms with Gasteiger partial charge in [-0.15, -0.1) is 0 Å². The first-order valence-electron chi connectivity index (χ1n) is 9.20. The lowest BCUT2D eigenvalue weighted by Crippen LogP contribution is -2.40. The summed E-state index contributed by atoms with van der Waals surface area (Å²) in [5.74, 6) is 1.59. The second-order valence-electron chi connectivity index (χ2n) is 6.78. The van der Waals surface area contributed by atoms with Gasteiger partial charge in [0.05, 0.1) is 11.9 Å². The van der Waals surface area contributed by atoms with Crippen molar-refractivity contribution >= 4 is 33.4 Å². The predicted octanol–water partition coefficient (Wildman–Crippen LogP) is 3.51. The number of nitrogens with zero attached hydrogens (tertiary/aromatic N) is 1. The van der Waals surface area contributed by atoms with Gasteiger partial charge in [0.2, 0.25) is 15.9 Å². The zero-order valence-electron chi connectivity index (χ0n) is 16.6. The number of amides is 1. The molecule has 1 amide bonds. The number of sulfonamides is 1. The van der Waals surface area contributed by atoms with Crippen molar-refractivity contribution in [3.05, 3.63) is 65.2 Å². The van der Waals surface area contributed by atoms with Crippen molar-refractivity contribution in [2.75, 3.05) is 29.4 Å². The molecule has 0 heterocycles. The van der Waals surface area contributed by atoms with Gasteiger partial charge in [0.25, 0.3) is 0 Å². The molecule has 0 unspecified atom stereocenters. The van der Waals surface area contributed by atoms with Crippen LogP contribution in [-0.4, -0.2) is 39.4 Å². The number of carbonyl (C=O) groups excluding carboxylic acids is 1. The summed E-state index contributed by atoms with van der Waals surface area (Å²) >= 11 is 1.82. The molecule has 0 aliphatic rings. The Morgan fingerprint density at radius 2 is 1.79 bits per heavy atom. The molecule has 0 saturated carbocycles. The summed E-state index contributed by atoms with van der Waals surface area (Å²) in [5.41, 5.74) is 3.87. The Balaban J connectivity index is 1.79. The van der Waals surface area contributed by atoms with E-state index in [9.17, 15) is 13.2 Å². The van der Waals surface area contributed by atoms with Crippen molar-refractivity contribution in [3.8, 4) is 0 Å². The Morgan fingerprint density at radius 1 is 1.07 bits per heavy atom. The molecule has 0 aliphatic heterocycles. The third-order valence-corrected chi connectivity index (χ3v) is 6.62. The fourth-order valence-electron chi connectivity index (χ4n) is 2.63. The Morgan fingerprint density at radius 3 is 2.43 bits per heavy atom. The zero-order valence-corrected chi connectivity index (χ0v) is 18.3. The van der Waals surface area contributed by atoms with Crippen molar-refractivity contribution < 1.29 is 13.2 Å². The molecule has 5 nitrogen and oxygen atoms in total. The number of carbonyl (C=O) groups is 1. The quantitative estimate of drug-likeness (QED) is 0.598. The third kappa shape index (κ3) is 7.20. The number of benzene rings is 2. The van der Waals surface area contributed by atoms with Gasteiger partial charge in [-0.25, -0.2) is 8.42 Å². The van der Waals surface area contributed by atoms with Crippen LogP contribution in [0.2, 0.25) is 0 Å². The van der Waals surface area contributed by atoms with Crippen LogP contribution in [-0.2, 0) is 20.6 Å². The summed E-state index contributed by atoms with van der Waals surface area (Å²) < 4.78 is 25.5. The van der Waals surface area contributed by atoms with Crippen LogP contribution < -0.4 is 9.62 Å².